The van der Waals surface area contributed by atoms with E-state index in [-0.39, 0.29) is 0 Å². The summed E-state index contributed by atoms with van der Waals surface area (Å²) in [6.07, 6.45) is 3.43. The SMILES string of the molecule is CCN1CCC[C@@H]1C.N=C(c1ccc(N2CCOCC2)cc1)c1cc(NC=O)ccc1N.c1ccsc1. The first-order valence-corrected chi connectivity index (χ1v) is 13.8. The van der Waals surface area contributed by atoms with Crippen LogP contribution in [0.3, 0.4) is 0 Å². The van der Waals surface area contributed by atoms with Gasteiger partial charge < -0.3 is 25.6 Å². The third-order valence-corrected chi connectivity index (χ3v) is 7.23. The van der Waals surface area contributed by atoms with Crippen LogP contribution in [0, 0.1) is 5.41 Å². The quantitative estimate of drug-likeness (QED) is 0.232. The molecule has 2 aromatic carbocycles. The standard InChI is InChI=1S/C18H20N4O2.C7H15N.C4H4S/c19-17-6-3-14(21-12-23)11-16(17)18(20)13-1-4-15(5-2-13)22-7-9-24-10-8-22;1-3-8-6-4-5-7(8)2;1-2-4-5-3-1/h1-6,11-12,20H,7-10,19H2,(H,21,23);7H,3-6H2,1-2H3;1-4H/t;7-;/m.0./s1. The molecule has 37 heavy (non-hydrogen) atoms. The van der Waals surface area contributed by atoms with Gasteiger partial charge >= 0.3 is 0 Å². The highest BCUT2D eigenvalue weighted by atomic mass is 32.1. The zero-order chi connectivity index (χ0) is 26.5. The number of carbonyl (C=O) groups is 1. The van der Waals surface area contributed by atoms with E-state index in [9.17, 15) is 4.79 Å². The fourth-order valence-electron chi connectivity index (χ4n) is 4.44. The Morgan fingerprint density at radius 1 is 1.14 bits per heavy atom. The van der Waals surface area contributed by atoms with Crippen molar-refractivity contribution in [3.63, 3.8) is 0 Å². The number of rotatable bonds is 6. The van der Waals surface area contributed by atoms with E-state index in [2.05, 4.69) is 29.0 Å². The predicted molar refractivity (Wildman–Crippen MR) is 156 cm³/mol. The van der Waals surface area contributed by atoms with Crippen LogP contribution in [0.1, 0.15) is 37.8 Å². The molecule has 0 unspecified atom stereocenters. The molecule has 2 fully saturated rings. The van der Waals surface area contributed by atoms with E-state index in [0.717, 1.165) is 43.6 Å². The Labute approximate surface area is 224 Å². The molecule has 2 aliphatic rings. The van der Waals surface area contributed by atoms with E-state index < -0.39 is 0 Å². The Morgan fingerprint density at radius 3 is 2.35 bits per heavy atom. The van der Waals surface area contributed by atoms with E-state index in [1.807, 2.05) is 47.2 Å². The van der Waals surface area contributed by atoms with Crippen LogP contribution >= 0.6 is 11.3 Å². The van der Waals surface area contributed by atoms with Gasteiger partial charge in [-0.2, -0.15) is 11.3 Å². The summed E-state index contributed by atoms with van der Waals surface area (Å²) >= 11 is 1.71. The Bertz CT molecular complexity index is 1060. The first-order chi connectivity index (χ1) is 18.0. The highest BCUT2D eigenvalue weighted by Gasteiger charge is 2.17. The largest absolute Gasteiger partial charge is 0.398 e. The van der Waals surface area contributed by atoms with E-state index >= 15 is 0 Å². The number of likely N-dealkylation sites (tertiary alicyclic amines) is 1. The fraction of sp³-hybridized carbons (Fsp3) is 0.379. The number of nitrogens with zero attached hydrogens (tertiary/aromatic N) is 2. The number of nitrogen functional groups attached to an aromatic ring is 1. The van der Waals surface area contributed by atoms with Gasteiger partial charge in [0, 0.05) is 47.3 Å². The lowest BCUT2D eigenvalue weighted by molar-refractivity contribution is -0.105. The van der Waals surface area contributed by atoms with E-state index in [1.54, 1.807) is 29.5 Å². The van der Waals surface area contributed by atoms with E-state index in [4.69, 9.17) is 15.9 Å². The van der Waals surface area contributed by atoms with Gasteiger partial charge in [-0.15, -0.1) is 0 Å². The summed E-state index contributed by atoms with van der Waals surface area (Å²) in [5.74, 6) is 0. The molecule has 4 N–H and O–H groups in total. The number of ether oxygens (including phenoxy) is 1. The minimum Gasteiger partial charge on any atom is -0.398 e. The summed E-state index contributed by atoms with van der Waals surface area (Å²) in [4.78, 5) is 15.4. The Balaban J connectivity index is 0.000000237. The average Bonchev–Trinajstić information content (AvgIpc) is 3.66. The summed E-state index contributed by atoms with van der Waals surface area (Å²) in [5, 5.41) is 15.1. The van der Waals surface area contributed by atoms with Gasteiger partial charge in [0.25, 0.3) is 0 Å². The van der Waals surface area contributed by atoms with Crippen LogP contribution in [0.25, 0.3) is 0 Å². The molecule has 3 aromatic rings. The van der Waals surface area contributed by atoms with Gasteiger partial charge in [-0.05, 0) is 73.9 Å². The van der Waals surface area contributed by atoms with Crippen molar-refractivity contribution in [2.45, 2.75) is 32.7 Å². The first-order valence-electron chi connectivity index (χ1n) is 12.9. The Kier molecular flexibility index (Phi) is 11.6. The van der Waals surface area contributed by atoms with Crippen molar-refractivity contribution in [2.24, 2.45) is 0 Å². The van der Waals surface area contributed by atoms with Crippen LogP contribution in [0.4, 0.5) is 17.1 Å². The lowest BCUT2D eigenvalue weighted by Gasteiger charge is -2.29. The molecular weight excluding hydrogens is 482 g/mol. The number of nitrogens with one attached hydrogen (secondary N) is 2. The van der Waals surface area contributed by atoms with Crippen molar-refractivity contribution >= 4 is 40.5 Å². The zero-order valence-electron chi connectivity index (χ0n) is 21.9. The molecule has 1 atom stereocenters. The summed E-state index contributed by atoms with van der Waals surface area (Å²) in [7, 11) is 0. The molecule has 2 aliphatic heterocycles. The molecule has 0 saturated carbocycles. The molecule has 198 valence electrons. The number of thiophene rings is 1. The van der Waals surface area contributed by atoms with Gasteiger partial charge in [-0.1, -0.05) is 31.2 Å². The molecule has 3 heterocycles. The maximum atomic E-state index is 10.6. The van der Waals surface area contributed by atoms with Crippen LogP contribution in [0.5, 0.6) is 0 Å². The molecule has 5 rings (SSSR count). The molecule has 1 aromatic heterocycles. The average molecular weight is 522 g/mol. The van der Waals surface area contributed by atoms with Crippen molar-refractivity contribution in [2.75, 3.05) is 55.3 Å². The zero-order valence-corrected chi connectivity index (χ0v) is 22.7. The van der Waals surface area contributed by atoms with Crippen molar-refractivity contribution in [3.05, 3.63) is 76.5 Å². The first kappa shape index (κ1) is 28.4. The maximum absolute atomic E-state index is 10.6. The lowest BCUT2D eigenvalue weighted by Crippen LogP contribution is -2.36. The smallest absolute Gasteiger partial charge is 0.211 e. The number of carbonyl (C=O) groups excluding carboxylic acids is 1. The summed E-state index contributed by atoms with van der Waals surface area (Å²) in [6, 6.07) is 17.9. The number of nitrogens with two attached hydrogens (primary N) is 1. The van der Waals surface area contributed by atoms with Gasteiger partial charge in [0.1, 0.15) is 0 Å². The maximum Gasteiger partial charge on any atom is 0.211 e. The number of benzene rings is 2. The molecule has 1 amide bonds. The topological polar surface area (TPSA) is 94.7 Å². The van der Waals surface area contributed by atoms with Crippen molar-refractivity contribution in [1.82, 2.24) is 4.90 Å². The van der Waals surface area contributed by atoms with Gasteiger partial charge in [-0.25, -0.2) is 0 Å². The van der Waals surface area contributed by atoms with Crippen molar-refractivity contribution in [3.8, 4) is 0 Å². The van der Waals surface area contributed by atoms with Crippen molar-refractivity contribution < 1.29 is 9.53 Å². The molecule has 0 spiro atoms. The Morgan fingerprint density at radius 2 is 1.84 bits per heavy atom. The number of amides is 1. The monoisotopic (exact) mass is 521 g/mol. The predicted octanol–water partition coefficient (Wildman–Crippen LogP) is 5.33. The van der Waals surface area contributed by atoms with Gasteiger partial charge in [0.2, 0.25) is 6.41 Å². The molecule has 8 heteroatoms. The van der Waals surface area contributed by atoms with E-state index in [1.165, 1.54) is 25.9 Å². The third kappa shape index (κ3) is 8.70. The van der Waals surface area contributed by atoms with Crippen LogP contribution in [0.2, 0.25) is 0 Å². The van der Waals surface area contributed by atoms with E-state index in [0.29, 0.717) is 29.1 Å². The normalized spacial score (nSPS) is 17.1. The second kappa shape index (κ2) is 15.1. The van der Waals surface area contributed by atoms with Gasteiger partial charge in [0.05, 0.1) is 18.9 Å². The Hall–Kier alpha value is -3.20. The number of morpholine rings is 1. The molecule has 0 radical (unpaired) electrons. The van der Waals surface area contributed by atoms with Gasteiger partial charge in [-0.3, -0.25) is 10.2 Å². The second-order valence-electron chi connectivity index (χ2n) is 9.00. The summed E-state index contributed by atoms with van der Waals surface area (Å²) < 4.78 is 5.36. The molecule has 0 bridgehead atoms. The molecule has 7 nitrogen and oxygen atoms in total. The van der Waals surface area contributed by atoms with Crippen LogP contribution < -0.4 is 16.0 Å². The number of anilines is 3. The minimum absolute atomic E-state index is 0.329. The highest BCUT2D eigenvalue weighted by molar-refractivity contribution is 7.07. The minimum atomic E-state index is 0.329. The summed E-state index contributed by atoms with van der Waals surface area (Å²) in [6.45, 7) is 10.4. The highest BCUT2D eigenvalue weighted by Crippen LogP contribution is 2.23. The van der Waals surface area contributed by atoms with Crippen LogP contribution in [-0.4, -0.2) is 62.5 Å². The number of hydrogen-bond donors (Lipinski definition) is 3. The second-order valence-corrected chi connectivity index (χ2v) is 9.81. The van der Waals surface area contributed by atoms with Crippen molar-refractivity contribution in [1.29, 1.82) is 5.41 Å². The van der Waals surface area contributed by atoms with Crippen LogP contribution in [0.15, 0.2) is 65.4 Å². The summed E-state index contributed by atoms with van der Waals surface area (Å²) in [5.41, 5.74) is 9.95. The molecular formula is C29H39N5O2S. The van der Waals surface area contributed by atoms with Gasteiger partial charge in [0.15, 0.2) is 0 Å². The molecule has 2 saturated heterocycles. The number of hydrogen-bond acceptors (Lipinski definition) is 7. The third-order valence-electron chi connectivity index (χ3n) is 6.60. The molecule has 0 aliphatic carbocycles. The fourth-order valence-corrected chi connectivity index (χ4v) is 4.89. The lowest BCUT2D eigenvalue weighted by atomic mass is 10.00. The van der Waals surface area contributed by atoms with Crippen LogP contribution in [-0.2, 0) is 9.53 Å².